The Labute approximate surface area is 246 Å². The van der Waals surface area contributed by atoms with Gasteiger partial charge >= 0.3 is 5.97 Å². The molecule has 6 rings (SSSR count). The highest BCUT2D eigenvalue weighted by Gasteiger charge is 2.43. The minimum atomic E-state index is -1.07. The standard InChI is InChI=1S/C31H31N3O7S/c35-27(23(14-18-8-2-1-3-9-18)34-29(36)20-10-4-5-11-21(20)30(34)37)32-16-19-15-22-24(17-41-19)42-28(26(22)31(38)39)33-25-12-6-7-13-40-25/h1-5,8-11,19,23,25,33H,6-7,12-17H2,(H,32,35)(H,38,39). The SMILES string of the molecule is O=C(O)c1c(NC2CCCCO2)sc2c1CC(CNC(=O)C(Cc1ccccc1)N1C(=O)c3ccccc3C1=O)OC2. The van der Waals surface area contributed by atoms with E-state index in [0.717, 1.165) is 34.6 Å². The number of imide groups is 1. The molecule has 4 heterocycles. The molecule has 3 N–H and O–H groups in total. The largest absolute Gasteiger partial charge is 0.478 e. The van der Waals surface area contributed by atoms with Crippen LogP contribution in [0.2, 0.25) is 0 Å². The van der Waals surface area contributed by atoms with Crippen LogP contribution in [0.25, 0.3) is 0 Å². The maximum atomic E-state index is 13.6. The molecule has 0 bridgehead atoms. The highest BCUT2D eigenvalue weighted by atomic mass is 32.1. The van der Waals surface area contributed by atoms with Crippen LogP contribution in [-0.4, -0.2) is 65.2 Å². The summed E-state index contributed by atoms with van der Waals surface area (Å²) in [7, 11) is 0. The Kier molecular flexibility index (Phi) is 8.05. The first-order valence-electron chi connectivity index (χ1n) is 14.1. The van der Waals surface area contributed by atoms with Gasteiger partial charge in [0.15, 0.2) is 0 Å². The number of fused-ring (bicyclic) bond motifs is 2. The number of nitrogens with one attached hydrogen (secondary N) is 2. The topological polar surface area (TPSA) is 134 Å². The number of hydrogen-bond donors (Lipinski definition) is 3. The van der Waals surface area contributed by atoms with Crippen LogP contribution in [0.15, 0.2) is 54.6 Å². The Morgan fingerprint density at radius 3 is 2.38 bits per heavy atom. The van der Waals surface area contributed by atoms with E-state index in [1.54, 1.807) is 24.3 Å². The number of benzene rings is 2. The number of carboxylic acid groups (broad SMARTS) is 1. The van der Waals surface area contributed by atoms with Gasteiger partial charge in [0.05, 0.1) is 29.4 Å². The van der Waals surface area contributed by atoms with Gasteiger partial charge in [-0.1, -0.05) is 42.5 Å². The highest BCUT2D eigenvalue weighted by Crippen LogP contribution is 2.39. The molecule has 3 aromatic rings. The van der Waals surface area contributed by atoms with Crippen molar-refractivity contribution in [2.24, 2.45) is 0 Å². The lowest BCUT2D eigenvalue weighted by molar-refractivity contribution is -0.125. The van der Waals surface area contributed by atoms with E-state index in [-0.39, 0.29) is 42.5 Å². The van der Waals surface area contributed by atoms with Crippen molar-refractivity contribution in [3.8, 4) is 0 Å². The Morgan fingerprint density at radius 1 is 1.00 bits per heavy atom. The van der Waals surface area contributed by atoms with Crippen molar-refractivity contribution in [2.45, 2.75) is 57.1 Å². The molecular formula is C31H31N3O7S. The summed E-state index contributed by atoms with van der Waals surface area (Å²) >= 11 is 1.36. The van der Waals surface area contributed by atoms with Crippen molar-refractivity contribution in [1.82, 2.24) is 10.2 Å². The summed E-state index contributed by atoms with van der Waals surface area (Å²) in [6, 6.07) is 14.7. The van der Waals surface area contributed by atoms with Crippen molar-refractivity contribution < 1.29 is 33.8 Å². The predicted octanol–water partition coefficient (Wildman–Crippen LogP) is 3.85. The van der Waals surface area contributed by atoms with Gasteiger partial charge in [-0.2, -0.15) is 0 Å². The number of ether oxygens (including phenoxy) is 2. The fraction of sp³-hybridized carbons (Fsp3) is 0.355. The minimum absolute atomic E-state index is 0.0934. The van der Waals surface area contributed by atoms with Crippen LogP contribution in [0.1, 0.15) is 66.3 Å². The third kappa shape index (κ3) is 5.55. The van der Waals surface area contributed by atoms with Crippen LogP contribution in [0.3, 0.4) is 0 Å². The first-order chi connectivity index (χ1) is 20.4. The van der Waals surface area contributed by atoms with Crippen molar-refractivity contribution >= 4 is 40.0 Å². The van der Waals surface area contributed by atoms with Gasteiger partial charge in [-0.15, -0.1) is 11.3 Å². The van der Waals surface area contributed by atoms with Gasteiger partial charge < -0.3 is 25.2 Å². The molecule has 3 amide bonds. The number of rotatable bonds is 9. The molecule has 3 aliphatic rings. The summed E-state index contributed by atoms with van der Waals surface area (Å²) in [5.74, 6) is -2.51. The molecule has 0 spiro atoms. The van der Waals surface area contributed by atoms with Crippen molar-refractivity contribution in [2.75, 3.05) is 18.5 Å². The lowest BCUT2D eigenvalue weighted by Crippen LogP contribution is -2.52. The molecule has 3 unspecified atom stereocenters. The van der Waals surface area contributed by atoms with Crippen molar-refractivity contribution in [1.29, 1.82) is 0 Å². The molecule has 0 aliphatic carbocycles. The lowest BCUT2D eigenvalue weighted by Gasteiger charge is -2.28. The van der Waals surface area contributed by atoms with E-state index in [1.807, 2.05) is 30.3 Å². The van der Waals surface area contributed by atoms with Crippen LogP contribution in [0, 0.1) is 0 Å². The zero-order valence-corrected chi connectivity index (χ0v) is 23.7. The van der Waals surface area contributed by atoms with Crippen molar-refractivity contribution in [3.63, 3.8) is 0 Å². The average molecular weight is 590 g/mol. The number of amides is 3. The first-order valence-corrected chi connectivity index (χ1v) is 14.9. The fourth-order valence-electron chi connectivity index (χ4n) is 5.75. The summed E-state index contributed by atoms with van der Waals surface area (Å²) in [5, 5.41) is 16.7. The monoisotopic (exact) mass is 589 g/mol. The Bertz CT molecular complexity index is 1480. The molecule has 0 saturated carbocycles. The summed E-state index contributed by atoms with van der Waals surface area (Å²) in [5.41, 5.74) is 2.27. The van der Waals surface area contributed by atoms with E-state index in [4.69, 9.17) is 9.47 Å². The smallest absolute Gasteiger partial charge is 0.338 e. The Morgan fingerprint density at radius 2 is 1.71 bits per heavy atom. The summed E-state index contributed by atoms with van der Waals surface area (Å²) < 4.78 is 11.8. The number of nitrogens with zero attached hydrogens (tertiary/aromatic N) is 1. The number of anilines is 1. The number of aromatic carboxylic acids is 1. The molecule has 10 nitrogen and oxygen atoms in total. The predicted molar refractivity (Wildman–Crippen MR) is 155 cm³/mol. The zero-order chi connectivity index (χ0) is 29.2. The minimum Gasteiger partial charge on any atom is -0.478 e. The first kappa shape index (κ1) is 28.1. The highest BCUT2D eigenvalue weighted by molar-refractivity contribution is 7.16. The maximum Gasteiger partial charge on any atom is 0.338 e. The maximum absolute atomic E-state index is 13.6. The molecule has 0 radical (unpaired) electrons. The molecule has 1 aromatic heterocycles. The zero-order valence-electron chi connectivity index (χ0n) is 22.8. The molecular weight excluding hydrogens is 558 g/mol. The van der Waals surface area contributed by atoms with Crippen LogP contribution in [0.5, 0.6) is 0 Å². The third-order valence-corrected chi connectivity index (χ3v) is 9.01. The van der Waals surface area contributed by atoms with Crippen LogP contribution in [-0.2, 0) is 33.7 Å². The second kappa shape index (κ2) is 12.0. The van der Waals surface area contributed by atoms with E-state index in [0.29, 0.717) is 23.6 Å². The van der Waals surface area contributed by atoms with Crippen LogP contribution < -0.4 is 10.6 Å². The van der Waals surface area contributed by atoms with E-state index in [2.05, 4.69) is 10.6 Å². The van der Waals surface area contributed by atoms with Gasteiger partial charge in [-0.25, -0.2) is 4.79 Å². The second-order valence-corrected chi connectivity index (χ2v) is 11.7. The molecule has 3 atom stereocenters. The molecule has 2 aromatic carbocycles. The van der Waals surface area contributed by atoms with Crippen LogP contribution in [0.4, 0.5) is 5.00 Å². The van der Waals surface area contributed by atoms with Gasteiger partial charge in [0.2, 0.25) is 5.91 Å². The normalized spacial score (nSPS) is 20.5. The molecule has 42 heavy (non-hydrogen) atoms. The fourth-order valence-corrected chi connectivity index (χ4v) is 6.93. The molecule has 218 valence electrons. The van der Waals surface area contributed by atoms with Gasteiger partial charge in [0.25, 0.3) is 11.8 Å². The summed E-state index contributed by atoms with van der Waals surface area (Å²) in [4.78, 5) is 54.3. The molecule has 3 aliphatic heterocycles. The molecule has 1 saturated heterocycles. The molecule has 1 fully saturated rings. The Hall–Kier alpha value is -4.06. The second-order valence-electron chi connectivity index (χ2n) is 10.6. The number of carboxylic acids is 1. The van der Waals surface area contributed by atoms with Gasteiger partial charge in [-0.05, 0) is 42.5 Å². The summed E-state index contributed by atoms with van der Waals surface area (Å²) in [6.45, 7) is 0.956. The molecule has 11 heteroatoms. The number of thiophene rings is 1. The van der Waals surface area contributed by atoms with E-state index >= 15 is 0 Å². The van der Waals surface area contributed by atoms with Gasteiger partial charge in [0.1, 0.15) is 17.3 Å². The van der Waals surface area contributed by atoms with Crippen molar-refractivity contribution in [3.05, 3.63) is 87.3 Å². The quantitative estimate of drug-likeness (QED) is 0.321. The van der Waals surface area contributed by atoms with E-state index in [1.165, 1.54) is 11.3 Å². The van der Waals surface area contributed by atoms with E-state index < -0.39 is 35.8 Å². The van der Waals surface area contributed by atoms with Gasteiger partial charge in [0, 0.05) is 30.9 Å². The number of carbonyl (C=O) groups is 4. The van der Waals surface area contributed by atoms with Crippen LogP contribution >= 0.6 is 11.3 Å². The average Bonchev–Trinajstić information content (AvgIpc) is 3.49. The van der Waals surface area contributed by atoms with E-state index in [9.17, 15) is 24.3 Å². The Balaban J connectivity index is 1.17. The lowest BCUT2D eigenvalue weighted by atomic mass is 10.00. The summed E-state index contributed by atoms with van der Waals surface area (Å²) in [6.07, 6.45) is 2.57. The number of carbonyl (C=O) groups excluding carboxylic acids is 3. The number of hydrogen-bond acceptors (Lipinski definition) is 8. The van der Waals surface area contributed by atoms with Gasteiger partial charge in [-0.3, -0.25) is 19.3 Å². The third-order valence-electron chi connectivity index (χ3n) is 7.87.